The number of pyridine rings is 1. The van der Waals surface area contributed by atoms with E-state index >= 15 is 0 Å². The Morgan fingerprint density at radius 1 is 1.00 bits per heavy atom. The Morgan fingerprint density at radius 2 is 1.85 bits per heavy atom. The van der Waals surface area contributed by atoms with Crippen molar-refractivity contribution in [2.45, 2.75) is 20.0 Å². The summed E-state index contributed by atoms with van der Waals surface area (Å²) in [5.41, 5.74) is 2.72. The van der Waals surface area contributed by atoms with Gasteiger partial charge in [-0.3, -0.25) is 14.6 Å². The molecule has 2 amide bonds. The summed E-state index contributed by atoms with van der Waals surface area (Å²) in [5, 5.41) is 5.55. The predicted octanol–water partition coefficient (Wildman–Crippen LogP) is 2.84. The van der Waals surface area contributed by atoms with Crippen molar-refractivity contribution in [2.24, 2.45) is 0 Å². The van der Waals surface area contributed by atoms with Crippen molar-refractivity contribution in [3.63, 3.8) is 0 Å². The molecule has 0 saturated heterocycles. The topological polar surface area (TPSA) is 84.2 Å². The second-order valence-electron chi connectivity index (χ2n) is 5.86. The number of hydrogen-bond acceptors (Lipinski definition) is 4. The average Bonchev–Trinajstić information content (AvgIpc) is 3.18. The molecule has 0 aliphatic carbocycles. The van der Waals surface area contributed by atoms with Crippen molar-refractivity contribution in [1.29, 1.82) is 0 Å². The van der Waals surface area contributed by atoms with Gasteiger partial charge in [0.15, 0.2) is 0 Å². The first-order valence-electron chi connectivity index (χ1n) is 8.22. The van der Waals surface area contributed by atoms with Crippen LogP contribution in [0.4, 0.5) is 0 Å². The maximum atomic E-state index is 12.3. The van der Waals surface area contributed by atoms with Crippen molar-refractivity contribution in [2.75, 3.05) is 0 Å². The molecule has 0 aliphatic heterocycles. The summed E-state index contributed by atoms with van der Waals surface area (Å²) in [6.45, 7) is 2.68. The monoisotopic (exact) mass is 349 g/mol. The van der Waals surface area contributed by atoms with Crippen LogP contribution in [-0.2, 0) is 13.1 Å². The predicted molar refractivity (Wildman–Crippen MR) is 96.5 cm³/mol. The smallest absolute Gasteiger partial charge is 0.270 e. The van der Waals surface area contributed by atoms with Crippen molar-refractivity contribution in [3.8, 4) is 0 Å². The molecule has 0 spiro atoms. The van der Waals surface area contributed by atoms with E-state index in [-0.39, 0.29) is 24.1 Å². The Kier molecular flexibility index (Phi) is 5.43. The molecule has 26 heavy (non-hydrogen) atoms. The minimum atomic E-state index is -0.366. The lowest BCUT2D eigenvalue weighted by molar-refractivity contribution is 0.0943. The molecular formula is C20H19N3O3. The van der Waals surface area contributed by atoms with Gasteiger partial charge in [0.1, 0.15) is 11.5 Å². The van der Waals surface area contributed by atoms with Crippen LogP contribution in [0.5, 0.6) is 0 Å². The highest BCUT2D eigenvalue weighted by molar-refractivity contribution is 5.98. The SMILES string of the molecule is Cc1cccc(CNC(=O)c2ccnc(C(=O)NCc3ccco3)c2)c1. The molecule has 0 bridgehead atoms. The van der Waals surface area contributed by atoms with Crippen LogP contribution in [0.2, 0.25) is 0 Å². The molecule has 2 aromatic heterocycles. The van der Waals surface area contributed by atoms with Crippen molar-refractivity contribution < 1.29 is 14.0 Å². The molecule has 2 heterocycles. The van der Waals surface area contributed by atoms with Crippen molar-refractivity contribution in [1.82, 2.24) is 15.6 Å². The number of hydrogen-bond donors (Lipinski definition) is 2. The summed E-state index contributed by atoms with van der Waals surface area (Å²) in [7, 11) is 0. The molecule has 0 saturated carbocycles. The van der Waals surface area contributed by atoms with Crippen LogP contribution in [0.1, 0.15) is 37.7 Å². The number of benzene rings is 1. The fraction of sp³-hybridized carbons (Fsp3) is 0.150. The number of aromatic nitrogens is 1. The molecule has 6 heteroatoms. The van der Waals surface area contributed by atoms with Gasteiger partial charge in [-0.25, -0.2) is 0 Å². The average molecular weight is 349 g/mol. The molecule has 0 radical (unpaired) electrons. The van der Waals surface area contributed by atoms with Crippen LogP contribution < -0.4 is 10.6 Å². The quantitative estimate of drug-likeness (QED) is 0.717. The summed E-state index contributed by atoms with van der Waals surface area (Å²) in [5.74, 6) is 0.0223. The molecule has 6 nitrogen and oxygen atoms in total. The lowest BCUT2D eigenvalue weighted by Crippen LogP contribution is -2.26. The van der Waals surface area contributed by atoms with E-state index in [0.717, 1.165) is 11.1 Å². The first kappa shape index (κ1) is 17.4. The van der Waals surface area contributed by atoms with E-state index in [2.05, 4.69) is 15.6 Å². The lowest BCUT2D eigenvalue weighted by atomic mass is 10.1. The first-order valence-corrected chi connectivity index (χ1v) is 8.22. The number of nitrogens with zero attached hydrogens (tertiary/aromatic N) is 1. The highest BCUT2D eigenvalue weighted by Gasteiger charge is 2.12. The number of furan rings is 1. The summed E-state index contributed by atoms with van der Waals surface area (Å²) < 4.78 is 5.16. The Hall–Kier alpha value is -3.41. The van der Waals surface area contributed by atoms with Gasteiger partial charge in [-0.05, 0) is 36.8 Å². The Balaban J connectivity index is 1.60. The van der Waals surface area contributed by atoms with Gasteiger partial charge in [0.2, 0.25) is 0 Å². The number of aryl methyl sites for hydroxylation is 1. The lowest BCUT2D eigenvalue weighted by Gasteiger charge is -2.07. The number of amides is 2. The zero-order valence-corrected chi connectivity index (χ0v) is 14.4. The van der Waals surface area contributed by atoms with Gasteiger partial charge in [-0.2, -0.15) is 0 Å². The number of nitrogens with one attached hydrogen (secondary N) is 2. The highest BCUT2D eigenvalue weighted by atomic mass is 16.3. The van der Waals surface area contributed by atoms with Crippen LogP contribution in [-0.4, -0.2) is 16.8 Å². The standard InChI is InChI=1S/C20H19N3O3/c1-14-4-2-5-15(10-14)12-22-19(24)16-7-8-21-18(11-16)20(25)23-13-17-6-3-9-26-17/h2-11H,12-13H2,1H3,(H,22,24)(H,23,25). The van der Waals surface area contributed by atoms with E-state index in [0.29, 0.717) is 17.9 Å². The molecule has 2 N–H and O–H groups in total. The van der Waals surface area contributed by atoms with E-state index in [1.165, 1.54) is 12.3 Å². The van der Waals surface area contributed by atoms with Gasteiger partial charge in [-0.1, -0.05) is 29.8 Å². The zero-order chi connectivity index (χ0) is 18.4. The molecule has 3 aromatic rings. The summed E-state index contributed by atoms with van der Waals surface area (Å²) in [6.07, 6.45) is 2.99. The van der Waals surface area contributed by atoms with Crippen LogP contribution in [0.25, 0.3) is 0 Å². The van der Waals surface area contributed by atoms with Gasteiger partial charge in [0, 0.05) is 18.3 Å². The van der Waals surface area contributed by atoms with Crippen molar-refractivity contribution in [3.05, 3.63) is 89.1 Å². The van der Waals surface area contributed by atoms with Crippen LogP contribution in [0.15, 0.2) is 65.4 Å². The number of carbonyl (C=O) groups excluding carboxylic acids is 2. The van der Waals surface area contributed by atoms with Crippen LogP contribution >= 0.6 is 0 Å². The normalized spacial score (nSPS) is 10.3. The summed E-state index contributed by atoms with van der Waals surface area (Å²) in [4.78, 5) is 28.6. The fourth-order valence-corrected chi connectivity index (χ4v) is 2.47. The number of carbonyl (C=O) groups is 2. The van der Waals surface area contributed by atoms with E-state index < -0.39 is 0 Å². The molecule has 0 fully saturated rings. The summed E-state index contributed by atoms with van der Waals surface area (Å²) >= 11 is 0. The maximum Gasteiger partial charge on any atom is 0.270 e. The molecule has 132 valence electrons. The third-order valence-corrected chi connectivity index (χ3v) is 3.79. The van der Waals surface area contributed by atoms with Gasteiger partial charge in [0.25, 0.3) is 11.8 Å². The second-order valence-corrected chi connectivity index (χ2v) is 5.86. The minimum Gasteiger partial charge on any atom is -0.467 e. The molecule has 0 aliphatic rings. The fourth-order valence-electron chi connectivity index (χ4n) is 2.47. The van der Waals surface area contributed by atoms with Gasteiger partial charge in [0.05, 0.1) is 12.8 Å². The molecule has 1 aromatic carbocycles. The van der Waals surface area contributed by atoms with Gasteiger partial charge in [-0.15, -0.1) is 0 Å². The largest absolute Gasteiger partial charge is 0.467 e. The van der Waals surface area contributed by atoms with E-state index in [1.54, 1.807) is 24.5 Å². The zero-order valence-electron chi connectivity index (χ0n) is 14.4. The first-order chi connectivity index (χ1) is 12.6. The highest BCUT2D eigenvalue weighted by Crippen LogP contribution is 2.06. The third-order valence-electron chi connectivity index (χ3n) is 3.79. The van der Waals surface area contributed by atoms with Crippen LogP contribution in [0, 0.1) is 6.92 Å². The van der Waals surface area contributed by atoms with Crippen LogP contribution in [0.3, 0.4) is 0 Å². The van der Waals surface area contributed by atoms with E-state index in [9.17, 15) is 9.59 Å². The molecule has 0 unspecified atom stereocenters. The second kappa shape index (κ2) is 8.11. The van der Waals surface area contributed by atoms with E-state index in [4.69, 9.17) is 4.42 Å². The van der Waals surface area contributed by atoms with E-state index in [1.807, 2.05) is 31.2 Å². The van der Waals surface area contributed by atoms with Gasteiger partial charge < -0.3 is 15.1 Å². The van der Waals surface area contributed by atoms with Gasteiger partial charge >= 0.3 is 0 Å². The Bertz CT molecular complexity index is 904. The Labute approximate surface area is 151 Å². The molecular weight excluding hydrogens is 330 g/mol. The minimum absolute atomic E-state index is 0.180. The number of rotatable bonds is 6. The molecule has 3 rings (SSSR count). The molecule has 0 atom stereocenters. The third kappa shape index (κ3) is 4.57. The maximum absolute atomic E-state index is 12.3. The Morgan fingerprint density at radius 3 is 2.62 bits per heavy atom. The van der Waals surface area contributed by atoms with Crippen molar-refractivity contribution >= 4 is 11.8 Å². The summed E-state index contributed by atoms with van der Waals surface area (Å²) in [6, 6.07) is 14.5.